The van der Waals surface area contributed by atoms with Crippen LogP contribution in [0.2, 0.25) is 0 Å². The van der Waals surface area contributed by atoms with Crippen LogP contribution in [-0.4, -0.2) is 28.7 Å². The SMILES string of the molecule is Cc1cc(NC(=O)CCOc2cccc(C(=O)O)c2)no1. The molecule has 0 atom stereocenters. The molecule has 1 aromatic heterocycles. The van der Waals surface area contributed by atoms with Crippen molar-refractivity contribution in [1.82, 2.24) is 5.16 Å². The van der Waals surface area contributed by atoms with Crippen LogP contribution in [0.1, 0.15) is 22.5 Å². The first-order valence-corrected chi connectivity index (χ1v) is 6.24. The molecule has 0 fully saturated rings. The van der Waals surface area contributed by atoms with Crippen LogP contribution in [0.15, 0.2) is 34.9 Å². The predicted octanol–water partition coefficient (Wildman–Crippen LogP) is 2.09. The first kappa shape index (κ1) is 14.6. The number of nitrogens with zero attached hydrogens (tertiary/aromatic N) is 1. The number of rotatable bonds is 6. The van der Waals surface area contributed by atoms with Gasteiger partial charge in [0.15, 0.2) is 5.82 Å². The molecule has 0 radical (unpaired) electrons. The second kappa shape index (κ2) is 6.56. The summed E-state index contributed by atoms with van der Waals surface area (Å²) in [7, 11) is 0. The van der Waals surface area contributed by atoms with Gasteiger partial charge in [0.25, 0.3) is 0 Å². The number of carbonyl (C=O) groups is 2. The van der Waals surface area contributed by atoms with Gasteiger partial charge in [-0.05, 0) is 25.1 Å². The van der Waals surface area contributed by atoms with Crippen LogP contribution >= 0.6 is 0 Å². The molecule has 0 saturated heterocycles. The zero-order valence-electron chi connectivity index (χ0n) is 11.3. The number of ether oxygens (including phenoxy) is 1. The molecule has 7 heteroatoms. The van der Waals surface area contributed by atoms with Crippen molar-refractivity contribution in [3.8, 4) is 5.75 Å². The Labute approximate surface area is 120 Å². The van der Waals surface area contributed by atoms with Crippen molar-refractivity contribution in [3.05, 3.63) is 41.7 Å². The molecule has 110 valence electrons. The van der Waals surface area contributed by atoms with E-state index in [1.807, 2.05) is 0 Å². The van der Waals surface area contributed by atoms with E-state index in [2.05, 4.69) is 10.5 Å². The summed E-state index contributed by atoms with van der Waals surface area (Å²) >= 11 is 0. The standard InChI is InChI=1S/C14H14N2O5/c1-9-7-12(16-21-9)15-13(17)5-6-20-11-4-2-3-10(8-11)14(18)19/h2-4,7-8H,5-6H2,1H3,(H,18,19)(H,15,16,17). The number of aromatic nitrogens is 1. The molecule has 0 unspecified atom stereocenters. The molecule has 0 bridgehead atoms. The summed E-state index contributed by atoms with van der Waals surface area (Å²) in [5.41, 5.74) is 0.134. The lowest BCUT2D eigenvalue weighted by Gasteiger charge is -2.06. The van der Waals surface area contributed by atoms with Gasteiger partial charge in [0.1, 0.15) is 11.5 Å². The normalized spacial score (nSPS) is 10.1. The molecule has 0 aliphatic carbocycles. The van der Waals surface area contributed by atoms with Crippen LogP contribution in [0.5, 0.6) is 5.75 Å². The molecule has 0 aliphatic heterocycles. The maximum Gasteiger partial charge on any atom is 0.335 e. The van der Waals surface area contributed by atoms with Crippen molar-refractivity contribution in [2.45, 2.75) is 13.3 Å². The topological polar surface area (TPSA) is 102 Å². The summed E-state index contributed by atoms with van der Waals surface area (Å²) in [5, 5.41) is 15.1. The van der Waals surface area contributed by atoms with Crippen molar-refractivity contribution in [1.29, 1.82) is 0 Å². The molecule has 1 amide bonds. The van der Waals surface area contributed by atoms with Gasteiger partial charge in [-0.25, -0.2) is 4.79 Å². The number of aryl methyl sites for hydroxylation is 1. The molecular weight excluding hydrogens is 276 g/mol. The zero-order valence-corrected chi connectivity index (χ0v) is 11.3. The number of carboxylic acid groups (broad SMARTS) is 1. The van der Waals surface area contributed by atoms with E-state index >= 15 is 0 Å². The van der Waals surface area contributed by atoms with E-state index < -0.39 is 5.97 Å². The molecule has 2 N–H and O–H groups in total. The Balaban J connectivity index is 1.80. The third-order valence-electron chi connectivity index (χ3n) is 2.57. The Morgan fingerprint density at radius 1 is 1.38 bits per heavy atom. The van der Waals surface area contributed by atoms with Crippen LogP contribution in [0.25, 0.3) is 0 Å². The summed E-state index contributed by atoms with van der Waals surface area (Å²) in [5.74, 6) is 0.0645. The minimum atomic E-state index is -1.03. The first-order valence-electron chi connectivity index (χ1n) is 6.24. The van der Waals surface area contributed by atoms with Crippen molar-refractivity contribution in [2.75, 3.05) is 11.9 Å². The Hall–Kier alpha value is -2.83. The minimum absolute atomic E-state index is 0.114. The maximum atomic E-state index is 11.6. The van der Waals surface area contributed by atoms with Crippen LogP contribution < -0.4 is 10.1 Å². The molecular formula is C14H14N2O5. The van der Waals surface area contributed by atoms with Gasteiger partial charge >= 0.3 is 5.97 Å². The van der Waals surface area contributed by atoms with Crippen LogP contribution in [0.4, 0.5) is 5.82 Å². The average Bonchev–Trinajstić information content (AvgIpc) is 2.84. The maximum absolute atomic E-state index is 11.6. The van der Waals surface area contributed by atoms with Gasteiger partial charge in [0.2, 0.25) is 5.91 Å². The number of hydrogen-bond donors (Lipinski definition) is 2. The number of carbonyl (C=O) groups excluding carboxylic acids is 1. The van der Waals surface area contributed by atoms with E-state index in [-0.39, 0.29) is 24.5 Å². The van der Waals surface area contributed by atoms with Crippen molar-refractivity contribution in [3.63, 3.8) is 0 Å². The second-order valence-electron chi connectivity index (χ2n) is 4.30. The lowest BCUT2D eigenvalue weighted by atomic mass is 10.2. The number of hydrogen-bond acceptors (Lipinski definition) is 5. The highest BCUT2D eigenvalue weighted by molar-refractivity contribution is 5.89. The van der Waals surface area contributed by atoms with Gasteiger partial charge in [-0.15, -0.1) is 0 Å². The monoisotopic (exact) mass is 290 g/mol. The number of aromatic carboxylic acids is 1. The average molecular weight is 290 g/mol. The summed E-state index contributed by atoms with van der Waals surface area (Å²) in [4.78, 5) is 22.4. The van der Waals surface area contributed by atoms with E-state index in [0.717, 1.165) is 0 Å². The van der Waals surface area contributed by atoms with Gasteiger partial charge in [0, 0.05) is 6.07 Å². The highest BCUT2D eigenvalue weighted by atomic mass is 16.5. The molecule has 0 spiro atoms. The lowest BCUT2D eigenvalue weighted by Crippen LogP contribution is -2.15. The largest absolute Gasteiger partial charge is 0.493 e. The Kier molecular flexibility index (Phi) is 4.55. The number of anilines is 1. The second-order valence-corrected chi connectivity index (χ2v) is 4.30. The van der Waals surface area contributed by atoms with Crippen molar-refractivity contribution >= 4 is 17.7 Å². The smallest absolute Gasteiger partial charge is 0.335 e. The molecule has 21 heavy (non-hydrogen) atoms. The number of carboxylic acids is 1. The fourth-order valence-corrected chi connectivity index (χ4v) is 1.61. The van der Waals surface area contributed by atoms with E-state index in [9.17, 15) is 9.59 Å². The van der Waals surface area contributed by atoms with Crippen molar-refractivity contribution in [2.24, 2.45) is 0 Å². The Bertz CT molecular complexity index is 650. The van der Waals surface area contributed by atoms with Crippen LogP contribution in [0, 0.1) is 6.92 Å². The number of nitrogens with one attached hydrogen (secondary N) is 1. The number of amides is 1. The van der Waals surface area contributed by atoms with Gasteiger partial charge in [-0.1, -0.05) is 11.2 Å². The van der Waals surface area contributed by atoms with Gasteiger partial charge < -0.3 is 19.7 Å². The zero-order chi connectivity index (χ0) is 15.2. The van der Waals surface area contributed by atoms with E-state index in [0.29, 0.717) is 17.3 Å². The third-order valence-corrected chi connectivity index (χ3v) is 2.57. The highest BCUT2D eigenvalue weighted by Crippen LogP contribution is 2.14. The summed E-state index contributed by atoms with van der Waals surface area (Å²) < 4.78 is 10.2. The molecule has 1 heterocycles. The van der Waals surface area contributed by atoms with Gasteiger partial charge in [-0.2, -0.15) is 0 Å². The van der Waals surface area contributed by atoms with Gasteiger partial charge in [0.05, 0.1) is 18.6 Å². The fourth-order valence-electron chi connectivity index (χ4n) is 1.61. The minimum Gasteiger partial charge on any atom is -0.493 e. The Morgan fingerprint density at radius 2 is 2.19 bits per heavy atom. The highest BCUT2D eigenvalue weighted by Gasteiger charge is 2.07. The third kappa shape index (κ3) is 4.34. The van der Waals surface area contributed by atoms with Crippen LogP contribution in [0.3, 0.4) is 0 Å². The first-order chi connectivity index (χ1) is 10.0. The summed E-state index contributed by atoms with van der Waals surface area (Å²) in [6.07, 6.45) is 0.114. The lowest BCUT2D eigenvalue weighted by molar-refractivity contribution is -0.116. The van der Waals surface area contributed by atoms with Crippen LogP contribution in [-0.2, 0) is 4.79 Å². The fraction of sp³-hybridized carbons (Fsp3) is 0.214. The Morgan fingerprint density at radius 3 is 2.86 bits per heavy atom. The summed E-state index contributed by atoms with van der Waals surface area (Å²) in [6, 6.07) is 7.69. The molecule has 7 nitrogen and oxygen atoms in total. The predicted molar refractivity (Wildman–Crippen MR) is 73.4 cm³/mol. The molecule has 2 aromatic rings. The van der Waals surface area contributed by atoms with Gasteiger partial charge in [-0.3, -0.25) is 4.79 Å². The molecule has 2 rings (SSSR count). The summed E-state index contributed by atoms with van der Waals surface area (Å²) in [6.45, 7) is 1.85. The quantitative estimate of drug-likeness (QED) is 0.844. The van der Waals surface area contributed by atoms with Crippen molar-refractivity contribution < 1.29 is 24.0 Å². The molecule has 0 saturated carbocycles. The molecule has 0 aliphatic rings. The van der Waals surface area contributed by atoms with E-state index in [1.54, 1.807) is 25.1 Å². The molecule has 1 aromatic carbocycles. The number of benzene rings is 1. The van der Waals surface area contributed by atoms with E-state index in [4.69, 9.17) is 14.4 Å². The van der Waals surface area contributed by atoms with E-state index in [1.165, 1.54) is 12.1 Å².